The second-order valence-electron chi connectivity index (χ2n) is 4.05. The highest BCUT2D eigenvalue weighted by Gasteiger charge is 2.42. The monoisotopic (exact) mass is 204 g/mol. The van der Waals surface area contributed by atoms with E-state index in [2.05, 4.69) is 9.78 Å². The van der Waals surface area contributed by atoms with E-state index in [4.69, 9.17) is 9.47 Å². The molecule has 0 amide bonds. The predicted octanol–water partition coefficient (Wildman–Crippen LogP) is 2.01. The summed E-state index contributed by atoms with van der Waals surface area (Å²) in [6.45, 7) is 7.40. The minimum absolute atomic E-state index is 0.231. The van der Waals surface area contributed by atoms with Gasteiger partial charge in [0.1, 0.15) is 5.60 Å². The van der Waals surface area contributed by atoms with Crippen molar-refractivity contribution in [2.75, 3.05) is 6.61 Å². The lowest BCUT2D eigenvalue weighted by atomic mass is 10.1. The third kappa shape index (κ3) is 2.85. The topological polar surface area (TPSA) is 54.0 Å². The van der Waals surface area contributed by atoms with Crippen molar-refractivity contribution in [1.29, 1.82) is 0 Å². The van der Waals surface area contributed by atoms with Gasteiger partial charge in [-0.2, -0.15) is 4.89 Å². The summed E-state index contributed by atoms with van der Waals surface area (Å²) in [5, 5.41) is 0. The first-order chi connectivity index (χ1) is 6.37. The molecule has 0 saturated carbocycles. The average Bonchev–Trinajstić information content (AvgIpc) is 2.00. The molecular formula is C9H16O5. The standard InChI is InChI=1S/C9H16O5/c1-5-8(2,3)12-7(10)13-9(4)6-11-14-9/h5-6H2,1-4H3. The van der Waals surface area contributed by atoms with Gasteiger partial charge in [0.25, 0.3) is 5.79 Å². The van der Waals surface area contributed by atoms with Gasteiger partial charge < -0.3 is 9.47 Å². The maximum Gasteiger partial charge on any atom is 0.511 e. The Balaban J connectivity index is 2.35. The SMILES string of the molecule is CCC(C)(C)OC(=O)OC1(C)COO1. The van der Waals surface area contributed by atoms with Crippen molar-refractivity contribution >= 4 is 6.16 Å². The van der Waals surface area contributed by atoms with E-state index in [1.807, 2.05) is 20.8 Å². The molecule has 5 nitrogen and oxygen atoms in total. The molecule has 1 fully saturated rings. The predicted molar refractivity (Wildman–Crippen MR) is 47.4 cm³/mol. The van der Waals surface area contributed by atoms with Crippen LogP contribution in [0.4, 0.5) is 4.79 Å². The van der Waals surface area contributed by atoms with Gasteiger partial charge in [0.2, 0.25) is 0 Å². The molecule has 1 unspecified atom stereocenters. The van der Waals surface area contributed by atoms with E-state index in [-0.39, 0.29) is 6.61 Å². The molecule has 1 aliphatic heterocycles. The van der Waals surface area contributed by atoms with Crippen LogP contribution in [0, 0.1) is 0 Å². The van der Waals surface area contributed by atoms with E-state index in [0.29, 0.717) is 0 Å². The van der Waals surface area contributed by atoms with Gasteiger partial charge in [-0.3, -0.25) is 0 Å². The molecular weight excluding hydrogens is 188 g/mol. The molecule has 1 atom stereocenters. The van der Waals surface area contributed by atoms with Crippen LogP contribution in [0.5, 0.6) is 0 Å². The molecule has 1 rings (SSSR count). The van der Waals surface area contributed by atoms with Crippen LogP contribution in [0.15, 0.2) is 0 Å². The number of hydrogen-bond acceptors (Lipinski definition) is 5. The lowest BCUT2D eigenvalue weighted by Crippen LogP contribution is -2.49. The fraction of sp³-hybridized carbons (Fsp3) is 0.889. The zero-order valence-electron chi connectivity index (χ0n) is 8.96. The number of carbonyl (C=O) groups excluding carboxylic acids is 1. The highest BCUT2D eigenvalue weighted by molar-refractivity contribution is 5.61. The first-order valence-corrected chi connectivity index (χ1v) is 4.59. The average molecular weight is 204 g/mol. The summed E-state index contributed by atoms with van der Waals surface area (Å²) >= 11 is 0. The zero-order valence-corrected chi connectivity index (χ0v) is 8.96. The largest absolute Gasteiger partial charge is 0.511 e. The van der Waals surface area contributed by atoms with E-state index in [0.717, 1.165) is 6.42 Å². The van der Waals surface area contributed by atoms with Gasteiger partial charge >= 0.3 is 6.16 Å². The minimum Gasteiger partial charge on any atom is -0.428 e. The number of hydrogen-bond donors (Lipinski definition) is 0. The van der Waals surface area contributed by atoms with Gasteiger partial charge in [-0.1, -0.05) is 6.92 Å². The molecule has 82 valence electrons. The van der Waals surface area contributed by atoms with Crippen LogP contribution in [0.3, 0.4) is 0 Å². The third-order valence-corrected chi connectivity index (χ3v) is 2.07. The summed E-state index contributed by atoms with van der Waals surface area (Å²) in [5.74, 6) is -0.985. The first kappa shape index (κ1) is 11.3. The summed E-state index contributed by atoms with van der Waals surface area (Å²) in [6.07, 6.45) is -0.0152. The van der Waals surface area contributed by atoms with Crippen LogP contribution >= 0.6 is 0 Å². The van der Waals surface area contributed by atoms with Crippen molar-refractivity contribution in [3.8, 4) is 0 Å². The maximum atomic E-state index is 11.2. The molecule has 1 heterocycles. The Morgan fingerprint density at radius 3 is 2.50 bits per heavy atom. The van der Waals surface area contributed by atoms with Crippen molar-refractivity contribution < 1.29 is 24.0 Å². The Morgan fingerprint density at radius 1 is 1.57 bits per heavy atom. The van der Waals surface area contributed by atoms with Gasteiger partial charge in [0, 0.05) is 6.92 Å². The van der Waals surface area contributed by atoms with Crippen LogP contribution in [0.25, 0.3) is 0 Å². The maximum absolute atomic E-state index is 11.2. The highest BCUT2D eigenvalue weighted by atomic mass is 17.3. The summed E-state index contributed by atoms with van der Waals surface area (Å²) in [5.41, 5.74) is -0.516. The van der Waals surface area contributed by atoms with Gasteiger partial charge in [0.15, 0.2) is 6.61 Å². The molecule has 5 heteroatoms. The van der Waals surface area contributed by atoms with Crippen molar-refractivity contribution in [3.63, 3.8) is 0 Å². The lowest BCUT2D eigenvalue weighted by Gasteiger charge is -2.35. The number of ether oxygens (including phenoxy) is 2. The zero-order chi connectivity index (χ0) is 10.8. The van der Waals surface area contributed by atoms with Gasteiger partial charge in [-0.25, -0.2) is 9.68 Å². The second-order valence-corrected chi connectivity index (χ2v) is 4.05. The first-order valence-electron chi connectivity index (χ1n) is 4.59. The van der Waals surface area contributed by atoms with Crippen LogP contribution in [-0.2, 0) is 19.2 Å². The van der Waals surface area contributed by atoms with Gasteiger partial charge in [-0.05, 0) is 20.3 Å². The smallest absolute Gasteiger partial charge is 0.428 e. The fourth-order valence-corrected chi connectivity index (χ4v) is 0.766. The molecule has 1 aliphatic rings. The van der Waals surface area contributed by atoms with Crippen LogP contribution in [0.2, 0.25) is 0 Å². The van der Waals surface area contributed by atoms with E-state index >= 15 is 0 Å². The molecule has 14 heavy (non-hydrogen) atoms. The molecule has 0 aliphatic carbocycles. The van der Waals surface area contributed by atoms with Gasteiger partial charge in [0.05, 0.1) is 0 Å². The minimum atomic E-state index is -0.985. The van der Waals surface area contributed by atoms with Crippen molar-refractivity contribution in [2.45, 2.75) is 45.5 Å². The summed E-state index contributed by atoms with van der Waals surface area (Å²) in [4.78, 5) is 20.3. The summed E-state index contributed by atoms with van der Waals surface area (Å²) in [7, 11) is 0. The molecule has 0 bridgehead atoms. The second kappa shape index (κ2) is 3.74. The lowest BCUT2D eigenvalue weighted by molar-refractivity contribution is -0.522. The Labute approximate surface area is 83.2 Å². The summed E-state index contributed by atoms with van der Waals surface area (Å²) < 4.78 is 9.96. The van der Waals surface area contributed by atoms with Crippen LogP contribution < -0.4 is 0 Å². The molecule has 0 aromatic heterocycles. The number of rotatable bonds is 3. The van der Waals surface area contributed by atoms with Crippen LogP contribution in [-0.4, -0.2) is 24.2 Å². The molecule has 0 spiro atoms. The fourth-order valence-electron chi connectivity index (χ4n) is 0.766. The third-order valence-electron chi connectivity index (χ3n) is 2.07. The molecule has 0 aromatic carbocycles. The Bertz CT molecular complexity index is 204. The molecule has 0 N–H and O–H groups in total. The Kier molecular flexibility index (Phi) is 3.01. The normalized spacial score (nSPS) is 26.6. The number of carbonyl (C=O) groups is 1. The van der Waals surface area contributed by atoms with E-state index in [1.54, 1.807) is 6.92 Å². The van der Waals surface area contributed by atoms with E-state index in [1.165, 1.54) is 0 Å². The van der Waals surface area contributed by atoms with Crippen molar-refractivity contribution in [2.24, 2.45) is 0 Å². The van der Waals surface area contributed by atoms with Crippen molar-refractivity contribution in [1.82, 2.24) is 0 Å². The summed E-state index contributed by atoms with van der Waals surface area (Å²) in [6, 6.07) is 0. The molecule has 1 saturated heterocycles. The quantitative estimate of drug-likeness (QED) is 0.520. The van der Waals surface area contributed by atoms with E-state index < -0.39 is 17.5 Å². The highest BCUT2D eigenvalue weighted by Crippen LogP contribution is 2.25. The van der Waals surface area contributed by atoms with Gasteiger partial charge in [-0.15, -0.1) is 0 Å². The van der Waals surface area contributed by atoms with Crippen molar-refractivity contribution in [3.05, 3.63) is 0 Å². The van der Waals surface area contributed by atoms with E-state index in [9.17, 15) is 4.79 Å². The van der Waals surface area contributed by atoms with Crippen LogP contribution in [0.1, 0.15) is 34.1 Å². The Morgan fingerprint density at radius 2 is 2.14 bits per heavy atom. The Hall–Kier alpha value is -0.810. The molecule has 0 radical (unpaired) electrons. The molecule has 0 aromatic rings.